The molecule has 0 atom stereocenters. The fourth-order valence-electron chi connectivity index (χ4n) is 2.70. The van der Waals surface area contributed by atoms with Crippen molar-refractivity contribution in [1.29, 1.82) is 0 Å². The summed E-state index contributed by atoms with van der Waals surface area (Å²) in [4.78, 5) is 12.0. The Kier molecular flexibility index (Phi) is 7.10. The van der Waals surface area contributed by atoms with Crippen molar-refractivity contribution < 1.29 is 26.7 Å². The molecule has 0 unspecified atom stereocenters. The highest BCUT2D eigenvalue weighted by molar-refractivity contribution is 7.89. The van der Waals surface area contributed by atoms with E-state index in [0.29, 0.717) is 31.5 Å². The molecule has 26 heavy (non-hydrogen) atoms. The van der Waals surface area contributed by atoms with E-state index in [2.05, 4.69) is 10.1 Å². The van der Waals surface area contributed by atoms with Gasteiger partial charge in [-0.15, -0.1) is 0 Å². The molecule has 1 aliphatic heterocycles. The van der Waals surface area contributed by atoms with Gasteiger partial charge in [0.2, 0.25) is 15.9 Å². The van der Waals surface area contributed by atoms with Crippen molar-refractivity contribution in [1.82, 2.24) is 9.62 Å². The van der Waals surface area contributed by atoms with E-state index >= 15 is 0 Å². The third-order valence-electron chi connectivity index (χ3n) is 4.11. The molecular formula is C17H22F2N2O4S. The molecule has 6 nitrogen and oxygen atoms in total. The smallest absolute Gasteiger partial charge is 0.387 e. The molecule has 0 radical (unpaired) electrons. The van der Waals surface area contributed by atoms with Gasteiger partial charge in [0.1, 0.15) is 5.75 Å². The van der Waals surface area contributed by atoms with Crippen molar-refractivity contribution in [3.63, 3.8) is 0 Å². The van der Waals surface area contributed by atoms with Crippen LogP contribution in [0.15, 0.2) is 30.3 Å². The molecule has 1 aromatic carbocycles. The number of sulfonamides is 1. The van der Waals surface area contributed by atoms with Crippen LogP contribution in [0.4, 0.5) is 8.78 Å². The molecule has 1 saturated heterocycles. The number of para-hydroxylation sites is 1. The first-order valence-electron chi connectivity index (χ1n) is 8.32. The van der Waals surface area contributed by atoms with Gasteiger partial charge in [0.15, 0.2) is 0 Å². The van der Waals surface area contributed by atoms with E-state index in [1.807, 2.05) is 0 Å². The summed E-state index contributed by atoms with van der Waals surface area (Å²) < 4.78 is 54.2. The van der Waals surface area contributed by atoms with Crippen LogP contribution < -0.4 is 10.1 Å². The summed E-state index contributed by atoms with van der Waals surface area (Å²) in [6.07, 6.45) is 3.72. The van der Waals surface area contributed by atoms with Gasteiger partial charge in [-0.1, -0.05) is 18.2 Å². The molecule has 0 aliphatic carbocycles. The molecular weight excluding hydrogens is 366 g/mol. The van der Waals surface area contributed by atoms with Crippen LogP contribution in [-0.4, -0.2) is 50.1 Å². The van der Waals surface area contributed by atoms with Gasteiger partial charge in [0, 0.05) is 30.8 Å². The molecule has 9 heteroatoms. The largest absolute Gasteiger partial charge is 0.434 e. The average Bonchev–Trinajstić information content (AvgIpc) is 2.61. The number of nitrogens with one attached hydrogen (secondary N) is 1. The van der Waals surface area contributed by atoms with E-state index in [9.17, 15) is 22.0 Å². The number of carbonyl (C=O) groups excluding carboxylic acids is 1. The molecule has 1 amide bonds. The highest BCUT2D eigenvalue weighted by atomic mass is 32.2. The quantitative estimate of drug-likeness (QED) is 0.727. The maximum Gasteiger partial charge on any atom is 0.387 e. The van der Waals surface area contributed by atoms with Crippen molar-refractivity contribution in [2.45, 2.75) is 32.4 Å². The molecule has 0 saturated carbocycles. The number of amides is 1. The van der Waals surface area contributed by atoms with Gasteiger partial charge in [-0.2, -0.15) is 8.78 Å². The van der Waals surface area contributed by atoms with Crippen molar-refractivity contribution in [2.24, 2.45) is 0 Å². The van der Waals surface area contributed by atoms with E-state index < -0.39 is 16.6 Å². The fraction of sp³-hybridized carbons (Fsp3) is 0.471. The number of nitrogens with zero attached hydrogens (tertiary/aromatic N) is 1. The second-order valence-corrected chi connectivity index (χ2v) is 8.09. The Labute approximate surface area is 151 Å². The zero-order valence-corrected chi connectivity index (χ0v) is 15.2. The first-order chi connectivity index (χ1) is 12.3. The Morgan fingerprint density at radius 3 is 2.62 bits per heavy atom. The number of ether oxygens (including phenoxy) is 1. The monoisotopic (exact) mass is 388 g/mol. The van der Waals surface area contributed by atoms with Crippen LogP contribution in [0.3, 0.4) is 0 Å². The Hall–Kier alpha value is -2.00. The number of benzene rings is 1. The summed E-state index contributed by atoms with van der Waals surface area (Å²) in [7, 11) is -3.20. The molecule has 0 aromatic heterocycles. The average molecular weight is 388 g/mol. The van der Waals surface area contributed by atoms with Gasteiger partial charge in [-0.25, -0.2) is 12.7 Å². The molecule has 1 aromatic rings. The van der Waals surface area contributed by atoms with E-state index in [1.165, 1.54) is 22.5 Å². The zero-order chi connectivity index (χ0) is 19.2. The zero-order valence-electron chi connectivity index (χ0n) is 14.4. The van der Waals surface area contributed by atoms with E-state index in [-0.39, 0.29) is 23.5 Å². The highest BCUT2D eigenvalue weighted by Crippen LogP contribution is 2.21. The van der Waals surface area contributed by atoms with Crippen LogP contribution >= 0.6 is 0 Å². The molecule has 0 spiro atoms. The molecule has 2 rings (SSSR count). The minimum Gasteiger partial charge on any atom is -0.434 e. The lowest BCUT2D eigenvalue weighted by atomic mass is 10.1. The van der Waals surface area contributed by atoms with Crippen LogP contribution in [0.5, 0.6) is 5.75 Å². The van der Waals surface area contributed by atoms with Crippen LogP contribution in [0, 0.1) is 0 Å². The summed E-state index contributed by atoms with van der Waals surface area (Å²) in [6, 6.07) is 6.05. The maximum absolute atomic E-state index is 12.4. The standard InChI is InChI=1S/C17H22F2N2O4S/c1-2-26(23,24)21-11-9-14(10-12-21)20-16(22)8-7-13-5-3-4-6-15(13)25-17(18)19/h3-8,14,17H,2,9-12H2,1H3,(H,20,22)/b8-7+. The summed E-state index contributed by atoms with van der Waals surface area (Å²) in [5.74, 6) is -0.314. The summed E-state index contributed by atoms with van der Waals surface area (Å²) >= 11 is 0. The molecule has 1 heterocycles. The SMILES string of the molecule is CCS(=O)(=O)N1CCC(NC(=O)/C=C/c2ccccc2OC(F)F)CC1. The maximum atomic E-state index is 12.4. The van der Waals surface area contributed by atoms with E-state index in [1.54, 1.807) is 25.1 Å². The summed E-state index contributed by atoms with van der Waals surface area (Å²) in [5.41, 5.74) is 0.367. The lowest BCUT2D eigenvalue weighted by Crippen LogP contribution is -2.46. The molecule has 1 aliphatic rings. The number of hydrogen-bond acceptors (Lipinski definition) is 4. The predicted molar refractivity (Wildman–Crippen MR) is 94.3 cm³/mol. The number of rotatable bonds is 7. The fourth-order valence-corrected chi connectivity index (χ4v) is 3.83. The third kappa shape index (κ3) is 5.77. The second-order valence-electron chi connectivity index (χ2n) is 5.83. The van der Waals surface area contributed by atoms with Crippen molar-refractivity contribution in [3.05, 3.63) is 35.9 Å². The topological polar surface area (TPSA) is 75.7 Å². The molecule has 144 valence electrons. The van der Waals surface area contributed by atoms with Gasteiger partial charge in [0.25, 0.3) is 0 Å². The lowest BCUT2D eigenvalue weighted by Gasteiger charge is -2.31. The number of halogens is 2. The number of alkyl halides is 2. The van der Waals surface area contributed by atoms with Crippen LogP contribution in [-0.2, 0) is 14.8 Å². The first kappa shape index (κ1) is 20.3. The Morgan fingerprint density at radius 2 is 2.00 bits per heavy atom. The van der Waals surface area contributed by atoms with Gasteiger partial charge in [-0.05, 0) is 31.9 Å². The Bertz CT molecular complexity index is 745. The highest BCUT2D eigenvalue weighted by Gasteiger charge is 2.27. The summed E-state index contributed by atoms with van der Waals surface area (Å²) in [6.45, 7) is -0.599. The summed E-state index contributed by atoms with van der Waals surface area (Å²) in [5, 5.41) is 2.80. The van der Waals surface area contributed by atoms with Crippen molar-refractivity contribution in [3.8, 4) is 5.75 Å². The van der Waals surface area contributed by atoms with Crippen LogP contribution in [0.25, 0.3) is 6.08 Å². The first-order valence-corrected chi connectivity index (χ1v) is 9.93. The minimum atomic E-state index is -3.20. The Balaban J connectivity index is 1.89. The van der Waals surface area contributed by atoms with Gasteiger partial charge in [-0.3, -0.25) is 4.79 Å². The van der Waals surface area contributed by atoms with Gasteiger partial charge < -0.3 is 10.1 Å². The lowest BCUT2D eigenvalue weighted by molar-refractivity contribution is -0.117. The molecule has 1 fully saturated rings. The Morgan fingerprint density at radius 1 is 1.35 bits per heavy atom. The van der Waals surface area contributed by atoms with Gasteiger partial charge in [0.05, 0.1) is 5.75 Å². The third-order valence-corrected chi connectivity index (χ3v) is 5.99. The second kappa shape index (κ2) is 9.09. The minimum absolute atomic E-state index is 0.00960. The van der Waals surface area contributed by atoms with E-state index in [4.69, 9.17) is 0 Å². The van der Waals surface area contributed by atoms with Crippen LogP contribution in [0.1, 0.15) is 25.3 Å². The number of carbonyl (C=O) groups is 1. The van der Waals surface area contributed by atoms with Gasteiger partial charge >= 0.3 is 6.61 Å². The number of piperidine rings is 1. The van der Waals surface area contributed by atoms with Crippen LogP contribution in [0.2, 0.25) is 0 Å². The normalized spacial score (nSPS) is 16.9. The molecule has 1 N–H and O–H groups in total. The number of hydrogen-bond donors (Lipinski definition) is 1. The predicted octanol–water partition coefficient (Wildman–Crippen LogP) is 2.23. The van der Waals surface area contributed by atoms with E-state index in [0.717, 1.165) is 0 Å². The molecule has 0 bridgehead atoms. The van der Waals surface area contributed by atoms with Crippen molar-refractivity contribution >= 4 is 22.0 Å². The van der Waals surface area contributed by atoms with Crippen molar-refractivity contribution in [2.75, 3.05) is 18.8 Å².